The molecule has 4 heteroatoms. The lowest BCUT2D eigenvalue weighted by atomic mass is 10.0. The Balaban J connectivity index is 2.67. The number of rotatable bonds is 3. The van der Waals surface area contributed by atoms with Gasteiger partial charge < -0.3 is 4.90 Å². The number of likely N-dealkylation sites (N-methyl/N-ethyl adjacent to an activating group) is 1. The second-order valence-electron chi connectivity index (χ2n) is 5.08. The van der Waals surface area contributed by atoms with Crippen molar-refractivity contribution in [1.82, 2.24) is 9.80 Å². The molecule has 1 amide bonds. The first kappa shape index (κ1) is 14.0. The van der Waals surface area contributed by atoms with Gasteiger partial charge in [0, 0.05) is 25.2 Å². The van der Waals surface area contributed by atoms with Gasteiger partial charge in [-0.3, -0.25) is 9.69 Å². The van der Waals surface area contributed by atoms with E-state index < -0.39 is 5.92 Å². The van der Waals surface area contributed by atoms with E-state index in [1.807, 2.05) is 11.8 Å². The van der Waals surface area contributed by atoms with Gasteiger partial charge in [0.2, 0.25) is 5.91 Å². The van der Waals surface area contributed by atoms with Gasteiger partial charge in [-0.2, -0.15) is 5.26 Å². The summed E-state index contributed by atoms with van der Waals surface area (Å²) >= 11 is 0. The molecule has 1 aliphatic rings. The molecule has 0 saturated carbocycles. The summed E-state index contributed by atoms with van der Waals surface area (Å²) in [6.45, 7) is 7.73. The molecule has 3 atom stereocenters. The summed E-state index contributed by atoms with van der Waals surface area (Å²) in [5.74, 6) is -0.441. The summed E-state index contributed by atoms with van der Waals surface area (Å²) in [4.78, 5) is 16.3. The minimum Gasteiger partial charge on any atom is -0.338 e. The first-order chi connectivity index (χ1) is 8.01. The highest BCUT2D eigenvalue weighted by Gasteiger charge is 2.32. The Morgan fingerprint density at radius 3 is 2.35 bits per heavy atom. The van der Waals surface area contributed by atoms with Gasteiger partial charge >= 0.3 is 0 Å². The van der Waals surface area contributed by atoms with Crippen LogP contribution in [0.5, 0.6) is 0 Å². The van der Waals surface area contributed by atoms with E-state index in [1.165, 1.54) is 0 Å². The molecule has 0 radical (unpaired) electrons. The minimum atomic E-state index is -0.456. The van der Waals surface area contributed by atoms with Crippen molar-refractivity contribution in [2.24, 2.45) is 5.92 Å². The van der Waals surface area contributed by atoms with Gasteiger partial charge in [-0.15, -0.1) is 0 Å². The minimum absolute atomic E-state index is 0.0150. The standard InChI is InChI=1S/C13H23N3O/c1-5-6-12(7-14)13(17)16-8-10(2)15(4)11(3)9-16/h10-12H,5-6,8-9H2,1-4H3. The van der Waals surface area contributed by atoms with Crippen LogP contribution in [0.3, 0.4) is 0 Å². The van der Waals surface area contributed by atoms with Crippen LogP contribution in [0.2, 0.25) is 0 Å². The van der Waals surface area contributed by atoms with Crippen molar-refractivity contribution in [2.75, 3.05) is 20.1 Å². The number of carbonyl (C=O) groups is 1. The lowest BCUT2D eigenvalue weighted by Gasteiger charge is -2.42. The Morgan fingerprint density at radius 1 is 1.41 bits per heavy atom. The third-order valence-electron chi connectivity index (χ3n) is 3.70. The smallest absolute Gasteiger partial charge is 0.240 e. The van der Waals surface area contributed by atoms with Crippen molar-refractivity contribution in [3.8, 4) is 6.07 Å². The Hall–Kier alpha value is -1.08. The molecule has 0 aromatic carbocycles. The van der Waals surface area contributed by atoms with E-state index >= 15 is 0 Å². The number of hydrogen-bond acceptors (Lipinski definition) is 3. The van der Waals surface area contributed by atoms with Gasteiger partial charge in [-0.25, -0.2) is 0 Å². The molecule has 96 valence electrons. The fraction of sp³-hybridized carbons (Fsp3) is 0.846. The van der Waals surface area contributed by atoms with Crippen LogP contribution in [0.15, 0.2) is 0 Å². The van der Waals surface area contributed by atoms with Crippen LogP contribution in [0.1, 0.15) is 33.6 Å². The zero-order valence-corrected chi connectivity index (χ0v) is 11.3. The SMILES string of the molecule is CCCC(C#N)C(=O)N1CC(C)N(C)C(C)C1. The van der Waals surface area contributed by atoms with E-state index in [-0.39, 0.29) is 5.91 Å². The van der Waals surface area contributed by atoms with Crippen molar-refractivity contribution in [3.63, 3.8) is 0 Å². The maximum Gasteiger partial charge on any atom is 0.240 e. The predicted octanol–water partition coefficient (Wildman–Crippen LogP) is 1.48. The predicted molar refractivity (Wildman–Crippen MR) is 67.3 cm³/mol. The first-order valence-electron chi connectivity index (χ1n) is 6.41. The largest absolute Gasteiger partial charge is 0.338 e. The van der Waals surface area contributed by atoms with Gasteiger partial charge in [-0.1, -0.05) is 13.3 Å². The van der Waals surface area contributed by atoms with E-state index in [2.05, 4.69) is 31.9 Å². The molecule has 0 aromatic rings. The van der Waals surface area contributed by atoms with Crippen molar-refractivity contribution < 1.29 is 4.79 Å². The van der Waals surface area contributed by atoms with E-state index in [0.717, 1.165) is 19.5 Å². The van der Waals surface area contributed by atoms with Gasteiger partial charge in [0.05, 0.1) is 6.07 Å². The van der Waals surface area contributed by atoms with Crippen LogP contribution >= 0.6 is 0 Å². The topological polar surface area (TPSA) is 47.3 Å². The second-order valence-corrected chi connectivity index (χ2v) is 5.08. The number of amides is 1. The number of nitriles is 1. The average molecular weight is 237 g/mol. The zero-order chi connectivity index (χ0) is 13.0. The molecule has 0 aliphatic carbocycles. The summed E-state index contributed by atoms with van der Waals surface area (Å²) in [5, 5.41) is 9.03. The maximum absolute atomic E-state index is 12.2. The molecule has 1 aliphatic heterocycles. The van der Waals surface area contributed by atoms with Gasteiger partial charge in [0.15, 0.2) is 0 Å². The molecule has 0 spiro atoms. The average Bonchev–Trinajstić information content (AvgIpc) is 2.31. The molecule has 1 rings (SSSR count). The lowest BCUT2D eigenvalue weighted by molar-refractivity contribution is -0.137. The summed E-state index contributed by atoms with van der Waals surface area (Å²) in [6.07, 6.45) is 1.55. The second kappa shape index (κ2) is 6.02. The van der Waals surface area contributed by atoms with Crippen molar-refractivity contribution in [3.05, 3.63) is 0 Å². The highest BCUT2D eigenvalue weighted by molar-refractivity contribution is 5.81. The molecule has 3 unspecified atom stereocenters. The summed E-state index contributed by atoms with van der Waals surface area (Å²) in [7, 11) is 2.09. The molecular formula is C13H23N3O. The fourth-order valence-electron chi connectivity index (χ4n) is 2.34. The molecule has 4 nitrogen and oxygen atoms in total. The monoisotopic (exact) mass is 237 g/mol. The highest BCUT2D eigenvalue weighted by atomic mass is 16.2. The van der Waals surface area contributed by atoms with Crippen molar-refractivity contribution in [1.29, 1.82) is 5.26 Å². The number of hydrogen-bond donors (Lipinski definition) is 0. The van der Waals surface area contributed by atoms with Crippen LogP contribution in [0.4, 0.5) is 0 Å². The van der Waals surface area contributed by atoms with E-state index in [1.54, 1.807) is 0 Å². The zero-order valence-electron chi connectivity index (χ0n) is 11.3. The molecular weight excluding hydrogens is 214 g/mol. The van der Waals surface area contributed by atoms with Crippen LogP contribution in [-0.2, 0) is 4.79 Å². The van der Waals surface area contributed by atoms with E-state index in [0.29, 0.717) is 18.5 Å². The van der Waals surface area contributed by atoms with Crippen LogP contribution in [0.25, 0.3) is 0 Å². The highest BCUT2D eigenvalue weighted by Crippen LogP contribution is 2.17. The summed E-state index contributed by atoms with van der Waals surface area (Å²) < 4.78 is 0. The third kappa shape index (κ3) is 3.19. The molecule has 1 saturated heterocycles. The van der Waals surface area contributed by atoms with E-state index in [9.17, 15) is 4.79 Å². The Morgan fingerprint density at radius 2 is 1.94 bits per heavy atom. The molecule has 0 N–H and O–H groups in total. The lowest BCUT2D eigenvalue weighted by Crippen LogP contribution is -2.57. The quantitative estimate of drug-likeness (QED) is 0.747. The number of carbonyl (C=O) groups excluding carboxylic acids is 1. The maximum atomic E-state index is 12.2. The van der Waals surface area contributed by atoms with Crippen molar-refractivity contribution in [2.45, 2.75) is 45.7 Å². The normalized spacial score (nSPS) is 27.6. The molecule has 1 fully saturated rings. The summed E-state index contributed by atoms with van der Waals surface area (Å²) in [6, 6.07) is 2.87. The molecule has 0 bridgehead atoms. The van der Waals surface area contributed by atoms with Crippen LogP contribution < -0.4 is 0 Å². The fourth-order valence-corrected chi connectivity index (χ4v) is 2.34. The molecule has 1 heterocycles. The molecule has 0 aromatic heterocycles. The van der Waals surface area contributed by atoms with E-state index in [4.69, 9.17) is 5.26 Å². The summed E-state index contributed by atoms with van der Waals surface area (Å²) in [5.41, 5.74) is 0. The Bertz CT molecular complexity index is 298. The third-order valence-corrected chi connectivity index (χ3v) is 3.70. The van der Waals surface area contributed by atoms with Crippen LogP contribution in [0, 0.1) is 17.2 Å². The Kier molecular flexibility index (Phi) is 4.95. The first-order valence-corrected chi connectivity index (χ1v) is 6.41. The van der Waals surface area contributed by atoms with Gasteiger partial charge in [-0.05, 0) is 27.3 Å². The van der Waals surface area contributed by atoms with Crippen LogP contribution in [-0.4, -0.2) is 47.9 Å². The van der Waals surface area contributed by atoms with Gasteiger partial charge in [0.1, 0.15) is 5.92 Å². The number of nitrogens with zero attached hydrogens (tertiary/aromatic N) is 3. The van der Waals surface area contributed by atoms with Crippen molar-refractivity contribution >= 4 is 5.91 Å². The van der Waals surface area contributed by atoms with Gasteiger partial charge in [0.25, 0.3) is 0 Å². The Labute approximate surface area is 104 Å². The number of piperazine rings is 1. The molecule has 17 heavy (non-hydrogen) atoms.